The summed E-state index contributed by atoms with van der Waals surface area (Å²) in [7, 11) is 0. The van der Waals surface area contributed by atoms with Crippen LogP contribution in [0.1, 0.15) is 18.7 Å². The van der Waals surface area contributed by atoms with E-state index < -0.39 is 0 Å². The van der Waals surface area contributed by atoms with E-state index in [0.29, 0.717) is 37.9 Å². The van der Waals surface area contributed by atoms with Crippen molar-refractivity contribution in [3.63, 3.8) is 0 Å². The van der Waals surface area contributed by atoms with Gasteiger partial charge < -0.3 is 15.6 Å². The number of thiophene rings is 1. The number of hydrogen-bond donors (Lipinski definition) is 2. The van der Waals surface area contributed by atoms with Crippen LogP contribution in [0.3, 0.4) is 0 Å². The Morgan fingerprint density at radius 2 is 2.42 bits per heavy atom. The van der Waals surface area contributed by atoms with Crippen LogP contribution in [0.5, 0.6) is 0 Å². The zero-order valence-corrected chi connectivity index (χ0v) is 14.9. The molecule has 1 saturated heterocycles. The van der Waals surface area contributed by atoms with Gasteiger partial charge in [0, 0.05) is 19.6 Å². The fraction of sp³-hybridized carbons (Fsp3) is 0.533. The lowest BCUT2D eigenvalue weighted by Gasteiger charge is -2.30. The maximum atomic E-state index is 12.1. The highest BCUT2D eigenvalue weighted by molar-refractivity contribution is 7.13. The monoisotopic (exact) mass is 371 g/mol. The Kier molecular flexibility index (Phi) is 7.16. The largest absolute Gasteiger partial charge is 0.355 e. The van der Waals surface area contributed by atoms with Crippen molar-refractivity contribution in [2.45, 2.75) is 19.4 Å². The lowest BCUT2D eigenvalue weighted by molar-refractivity contribution is -0.126. The maximum absolute atomic E-state index is 12.1. The molecule has 1 aliphatic rings. The molecule has 1 atom stereocenters. The summed E-state index contributed by atoms with van der Waals surface area (Å²) in [5.41, 5.74) is 5.43. The fourth-order valence-electron chi connectivity index (χ4n) is 2.77. The molecule has 1 fully saturated rings. The van der Waals surface area contributed by atoms with E-state index in [1.807, 2.05) is 17.5 Å². The van der Waals surface area contributed by atoms with E-state index in [-0.39, 0.29) is 24.2 Å². The smallest absolute Gasteiger partial charge is 0.241 e. The Labute approximate surface area is 151 Å². The van der Waals surface area contributed by atoms with Crippen molar-refractivity contribution in [3.05, 3.63) is 23.4 Å². The van der Waals surface area contributed by atoms with E-state index in [1.54, 1.807) is 11.3 Å². The lowest BCUT2D eigenvalue weighted by atomic mass is 9.97. The van der Waals surface area contributed by atoms with Crippen LogP contribution in [-0.2, 0) is 11.3 Å². The minimum absolute atomic E-state index is 0. The van der Waals surface area contributed by atoms with Gasteiger partial charge in [0.05, 0.1) is 17.3 Å². The predicted molar refractivity (Wildman–Crippen MR) is 94.9 cm³/mol. The molecule has 24 heavy (non-hydrogen) atoms. The van der Waals surface area contributed by atoms with Crippen LogP contribution in [0.25, 0.3) is 10.7 Å². The molecular formula is C15H22ClN5O2S. The van der Waals surface area contributed by atoms with Crippen molar-refractivity contribution in [1.82, 2.24) is 20.4 Å². The molecule has 132 valence electrons. The summed E-state index contributed by atoms with van der Waals surface area (Å²) < 4.78 is 5.34. The molecule has 1 aliphatic heterocycles. The summed E-state index contributed by atoms with van der Waals surface area (Å²) in [6.07, 6.45) is 1.91. The molecule has 0 spiro atoms. The van der Waals surface area contributed by atoms with Gasteiger partial charge in [-0.05, 0) is 30.8 Å². The van der Waals surface area contributed by atoms with Crippen LogP contribution in [0.4, 0.5) is 0 Å². The zero-order chi connectivity index (χ0) is 16.1. The van der Waals surface area contributed by atoms with Crippen molar-refractivity contribution in [2.24, 2.45) is 11.7 Å². The Hall–Kier alpha value is -1.48. The third-order valence-electron chi connectivity index (χ3n) is 3.89. The average Bonchev–Trinajstić information content (AvgIpc) is 3.24. The number of hydrogen-bond acceptors (Lipinski definition) is 7. The topological polar surface area (TPSA) is 97.3 Å². The van der Waals surface area contributed by atoms with E-state index in [2.05, 4.69) is 20.4 Å². The zero-order valence-electron chi connectivity index (χ0n) is 13.3. The van der Waals surface area contributed by atoms with Gasteiger partial charge >= 0.3 is 0 Å². The van der Waals surface area contributed by atoms with E-state index in [0.717, 1.165) is 24.3 Å². The van der Waals surface area contributed by atoms with E-state index in [1.165, 1.54) is 0 Å². The first kappa shape index (κ1) is 18.9. The van der Waals surface area contributed by atoms with Gasteiger partial charge in [0.2, 0.25) is 17.6 Å². The molecule has 9 heteroatoms. The summed E-state index contributed by atoms with van der Waals surface area (Å²) in [5, 5.41) is 8.88. The SMILES string of the molecule is Cl.NCCNC(=O)C1CCCN(Cc2nc(-c3cccs3)no2)C1. The highest BCUT2D eigenvalue weighted by Gasteiger charge is 2.26. The molecule has 0 aromatic carbocycles. The number of amides is 1. The number of carbonyl (C=O) groups excluding carboxylic acids is 1. The van der Waals surface area contributed by atoms with Gasteiger partial charge in [-0.2, -0.15) is 4.98 Å². The highest BCUT2D eigenvalue weighted by Crippen LogP contribution is 2.23. The van der Waals surface area contributed by atoms with Crippen molar-refractivity contribution in [3.8, 4) is 10.7 Å². The maximum Gasteiger partial charge on any atom is 0.241 e. The molecule has 3 heterocycles. The number of nitrogens with zero attached hydrogens (tertiary/aromatic N) is 3. The van der Waals surface area contributed by atoms with Gasteiger partial charge in [-0.1, -0.05) is 11.2 Å². The summed E-state index contributed by atoms with van der Waals surface area (Å²) in [6.45, 7) is 3.24. The van der Waals surface area contributed by atoms with Gasteiger partial charge in [-0.3, -0.25) is 9.69 Å². The minimum Gasteiger partial charge on any atom is -0.355 e. The Bertz CT molecular complexity index is 634. The van der Waals surface area contributed by atoms with E-state index in [9.17, 15) is 4.79 Å². The summed E-state index contributed by atoms with van der Waals surface area (Å²) >= 11 is 1.59. The second kappa shape index (κ2) is 9.12. The Morgan fingerprint density at radius 3 is 3.17 bits per heavy atom. The average molecular weight is 372 g/mol. The van der Waals surface area contributed by atoms with Gasteiger partial charge in [0.1, 0.15) is 0 Å². The van der Waals surface area contributed by atoms with Gasteiger partial charge in [0.15, 0.2) is 0 Å². The second-order valence-corrected chi connectivity index (χ2v) is 6.59. The predicted octanol–water partition coefficient (Wildman–Crippen LogP) is 1.51. The highest BCUT2D eigenvalue weighted by atomic mass is 35.5. The summed E-state index contributed by atoms with van der Waals surface area (Å²) in [6, 6.07) is 3.93. The van der Waals surface area contributed by atoms with Gasteiger partial charge in [-0.25, -0.2) is 0 Å². The molecule has 7 nitrogen and oxygen atoms in total. The normalized spacial score (nSPS) is 18.1. The Balaban J connectivity index is 0.00000208. The molecule has 3 rings (SSSR count). The number of rotatable bonds is 6. The quantitative estimate of drug-likeness (QED) is 0.798. The van der Waals surface area contributed by atoms with E-state index >= 15 is 0 Å². The Morgan fingerprint density at radius 1 is 1.54 bits per heavy atom. The van der Waals surface area contributed by atoms with Crippen molar-refractivity contribution < 1.29 is 9.32 Å². The van der Waals surface area contributed by atoms with Crippen molar-refractivity contribution in [1.29, 1.82) is 0 Å². The van der Waals surface area contributed by atoms with Gasteiger partial charge in [0.25, 0.3) is 0 Å². The van der Waals surface area contributed by atoms with Crippen molar-refractivity contribution >= 4 is 29.7 Å². The number of carbonyl (C=O) groups is 1. The molecule has 1 unspecified atom stereocenters. The number of halogens is 1. The minimum atomic E-state index is 0. The molecular weight excluding hydrogens is 350 g/mol. The molecule has 3 N–H and O–H groups in total. The number of likely N-dealkylation sites (tertiary alicyclic amines) is 1. The van der Waals surface area contributed by atoms with Gasteiger partial charge in [-0.15, -0.1) is 23.7 Å². The van der Waals surface area contributed by atoms with Crippen LogP contribution in [-0.4, -0.2) is 47.1 Å². The standard InChI is InChI=1S/C15H21N5O2S.ClH/c16-5-6-17-15(21)11-3-1-7-20(9-11)10-13-18-14(19-22-13)12-4-2-8-23-12;/h2,4,8,11H,1,3,5-7,9-10,16H2,(H,17,21);1H. The van der Waals surface area contributed by atoms with Crippen LogP contribution in [0, 0.1) is 5.92 Å². The number of nitrogens with two attached hydrogens (primary N) is 1. The molecule has 0 aliphatic carbocycles. The molecule has 0 radical (unpaired) electrons. The van der Waals surface area contributed by atoms with Crippen LogP contribution in [0.2, 0.25) is 0 Å². The van der Waals surface area contributed by atoms with Crippen LogP contribution >= 0.6 is 23.7 Å². The summed E-state index contributed by atoms with van der Waals surface area (Å²) in [4.78, 5) is 19.7. The van der Waals surface area contributed by atoms with E-state index in [4.69, 9.17) is 10.3 Å². The third-order valence-corrected chi connectivity index (χ3v) is 4.75. The first-order valence-electron chi connectivity index (χ1n) is 7.83. The second-order valence-electron chi connectivity index (χ2n) is 5.64. The number of piperidine rings is 1. The lowest BCUT2D eigenvalue weighted by Crippen LogP contribution is -2.43. The molecule has 2 aromatic rings. The molecule has 1 amide bonds. The van der Waals surface area contributed by atoms with Crippen LogP contribution < -0.4 is 11.1 Å². The molecule has 0 bridgehead atoms. The fourth-order valence-corrected chi connectivity index (χ4v) is 3.42. The third kappa shape index (κ3) is 4.76. The first-order chi connectivity index (χ1) is 11.3. The number of aromatic nitrogens is 2. The number of nitrogens with one attached hydrogen (secondary N) is 1. The van der Waals surface area contributed by atoms with Crippen LogP contribution in [0.15, 0.2) is 22.0 Å². The van der Waals surface area contributed by atoms with Crippen molar-refractivity contribution in [2.75, 3.05) is 26.2 Å². The summed E-state index contributed by atoms with van der Waals surface area (Å²) in [5.74, 6) is 1.32. The first-order valence-corrected chi connectivity index (χ1v) is 8.71. The molecule has 0 saturated carbocycles. The molecule has 2 aromatic heterocycles.